The van der Waals surface area contributed by atoms with Crippen LogP contribution in [0.2, 0.25) is 0 Å². The van der Waals surface area contributed by atoms with Gasteiger partial charge < -0.3 is 10.6 Å². The summed E-state index contributed by atoms with van der Waals surface area (Å²) in [6, 6.07) is 0.0598. The number of hydrogen-bond acceptors (Lipinski definition) is 4. The molecule has 0 aromatic carbocycles. The summed E-state index contributed by atoms with van der Waals surface area (Å²) in [7, 11) is -3.05. The van der Waals surface area contributed by atoms with Gasteiger partial charge in [0.25, 0.3) is 0 Å². The lowest BCUT2D eigenvalue weighted by Crippen LogP contribution is -2.43. The Kier molecular flexibility index (Phi) is 4.99. The van der Waals surface area contributed by atoms with Crippen molar-refractivity contribution in [3.63, 3.8) is 0 Å². The Morgan fingerprint density at radius 3 is 2.42 bits per heavy atom. The average molecular weight is 286 g/mol. The molecule has 2 aliphatic rings. The molecular weight excluding hydrogens is 264 g/mol. The van der Waals surface area contributed by atoms with Crippen molar-refractivity contribution in [2.75, 3.05) is 12.3 Å². The largest absolute Gasteiger partial charge is 0.352 e. The standard InChI is InChI=1S/C13H22N2O3S/c16-13(15-11-5-3-1-2-4-6-11)9-14-12-7-8-19(17,18)10-12/h7-8,11-12,14H,1-6,9-10H2,(H,15,16). The van der Waals surface area contributed by atoms with E-state index in [-0.39, 0.29) is 24.2 Å². The quantitative estimate of drug-likeness (QED) is 0.747. The second kappa shape index (κ2) is 6.52. The zero-order valence-electron chi connectivity index (χ0n) is 11.1. The van der Waals surface area contributed by atoms with Gasteiger partial charge in [-0.05, 0) is 12.8 Å². The van der Waals surface area contributed by atoms with Crippen LogP contribution in [0.1, 0.15) is 38.5 Å². The Bertz CT molecular complexity index is 437. The summed E-state index contributed by atoms with van der Waals surface area (Å²) in [5.41, 5.74) is 0. The van der Waals surface area contributed by atoms with Crippen LogP contribution in [0.5, 0.6) is 0 Å². The molecule has 0 spiro atoms. The monoisotopic (exact) mass is 286 g/mol. The molecule has 2 rings (SSSR count). The van der Waals surface area contributed by atoms with Gasteiger partial charge in [-0.2, -0.15) is 0 Å². The third-order valence-electron chi connectivity index (χ3n) is 3.68. The zero-order chi connectivity index (χ0) is 13.7. The Hall–Kier alpha value is -0.880. The third-order valence-corrected chi connectivity index (χ3v) is 5.07. The molecule has 1 unspecified atom stereocenters. The van der Waals surface area contributed by atoms with Crippen LogP contribution in [0.25, 0.3) is 0 Å². The van der Waals surface area contributed by atoms with E-state index in [0.29, 0.717) is 6.04 Å². The number of nitrogens with one attached hydrogen (secondary N) is 2. The van der Waals surface area contributed by atoms with E-state index in [1.807, 2.05) is 0 Å². The van der Waals surface area contributed by atoms with Crippen LogP contribution < -0.4 is 10.6 Å². The van der Waals surface area contributed by atoms with E-state index in [4.69, 9.17) is 0 Å². The van der Waals surface area contributed by atoms with Crippen molar-refractivity contribution in [1.82, 2.24) is 10.6 Å². The minimum atomic E-state index is -3.05. The zero-order valence-corrected chi connectivity index (χ0v) is 11.9. The molecule has 0 saturated heterocycles. The minimum absolute atomic E-state index is 0.0374. The van der Waals surface area contributed by atoms with Crippen molar-refractivity contribution in [2.45, 2.75) is 50.6 Å². The molecule has 1 heterocycles. The van der Waals surface area contributed by atoms with Gasteiger partial charge in [0, 0.05) is 17.5 Å². The van der Waals surface area contributed by atoms with E-state index in [1.165, 1.54) is 31.1 Å². The number of sulfone groups is 1. The fourth-order valence-corrected chi connectivity index (χ4v) is 3.90. The van der Waals surface area contributed by atoms with Crippen LogP contribution in [0.4, 0.5) is 0 Å². The van der Waals surface area contributed by atoms with Crippen molar-refractivity contribution < 1.29 is 13.2 Å². The Balaban J connectivity index is 1.68. The summed E-state index contributed by atoms with van der Waals surface area (Å²) < 4.78 is 22.4. The molecule has 0 aromatic heterocycles. The highest BCUT2D eigenvalue weighted by Gasteiger charge is 2.22. The normalized spacial score (nSPS) is 27.1. The first kappa shape index (κ1) is 14.5. The Morgan fingerprint density at radius 2 is 1.84 bits per heavy atom. The molecule has 1 fully saturated rings. The SMILES string of the molecule is O=C(CNC1C=CS(=O)(=O)C1)NC1CCCCCC1. The van der Waals surface area contributed by atoms with Gasteiger partial charge in [-0.1, -0.05) is 31.8 Å². The minimum Gasteiger partial charge on any atom is -0.352 e. The predicted octanol–water partition coefficient (Wildman–Crippen LogP) is 0.726. The first-order valence-electron chi connectivity index (χ1n) is 6.99. The van der Waals surface area contributed by atoms with E-state index >= 15 is 0 Å². The summed E-state index contributed by atoms with van der Waals surface area (Å²) in [6.45, 7) is 0.182. The van der Waals surface area contributed by atoms with Crippen molar-refractivity contribution in [3.8, 4) is 0 Å². The molecule has 1 aliphatic carbocycles. The van der Waals surface area contributed by atoms with Crippen LogP contribution in [-0.2, 0) is 14.6 Å². The Labute approximate surface area is 114 Å². The molecule has 19 heavy (non-hydrogen) atoms. The van der Waals surface area contributed by atoms with Crippen molar-refractivity contribution in [2.24, 2.45) is 0 Å². The highest BCUT2D eigenvalue weighted by Crippen LogP contribution is 2.17. The van der Waals surface area contributed by atoms with Crippen LogP contribution in [0.3, 0.4) is 0 Å². The molecule has 0 radical (unpaired) electrons. The van der Waals surface area contributed by atoms with E-state index in [9.17, 15) is 13.2 Å². The lowest BCUT2D eigenvalue weighted by molar-refractivity contribution is -0.121. The molecule has 1 atom stereocenters. The van der Waals surface area contributed by atoms with Crippen LogP contribution >= 0.6 is 0 Å². The molecule has 1 saturated carbocycles. The van der Waals surface area contributed by atoms with Crippen LogP contribution in [0, 0.1) is 0 Å². The average Bonchev–Trinajstić information content (AvgIpc) is 2.55. The van der Waals surface area contributed by atoms with E-state index < -0.39 is 9.84 Å². The molecule has 1 amide bonds. The summed E-state index contributed by atoms with van der Waals surface area (Å²) >= 11 is 0. The fourth-order valence-electron chi connectivity index (χ4n) is 2.63. The third kappa shape index (κ3) is 4.95. The molecule has 5 nitrogen and oxygen atoms in total. The summed E-state index contributed by atoms with van der Waals surface area (Å²) in [5.74, 6) is 0.0218. The van der Waals surface area contributed by atoms with Gasteiger partial charge in [0.1, 0.15) is 0 Å². The Morgan fingerprint density at radius 1 is 1.16 bits per heavy atom. The predicted molar refractivity (Wildman–Crippen MR) is 74.4 cm³/mol. The number of carbonyl (C=O) groups excluding carboxylic acids is 1. The van der Waals surface area contributed by atoms with Crippen molar-refractivity contribution >= 4 is 15.7 Å². The van der Waals surface area contributed by atoms with Gasteiger partial charge in [0.2, 0.25) is 5.91 Å². The smallest absolute Gasteiger partial charge is 0.234 e. The van der Waals surface area contributed by atoms with Gasteiger partial charge in [0.05, 0.1) is 12.3 Å². The number of rotatable bonds is 4. The van der Waals surface area contributed by atoms with Gasteiger partial charge >= 0.3 is 0 Å². The first-order chi connectivity index (χ1) is 9.05. The fraction of sp³-hybridized carbons (Fsp3) is 0.769. The lowest BCUT2D eigenvalue weighted by Gasteiger charge is -2.17. The van der Waals surface area contributed by atoms with Gasteiger partial charge in [-0.25, -0.2) is 8.42 Å². The maximum absolute atomic E-state index is 11.8. The van der Waals surface area contributed by atoms with Crippen molar-refractivity contribution in [1.29, 1.82) is 0 Å². The van der Waals surface area contributed by atoms with Crippen LogP contribution in [0.15, 0.2) is 11.5 Å². The summed E-state index contributed by atoms with van der Waals surface area (Å²) in [6.07, 6.45) is 8.61. The molecule has 1 aliphatic heterocycles. The maximum Gasteiger partial charge on any atom is 0.234 e. The second-order valence-electron chi connectivity index (χ2n) is 5.40. The highest BCUT2D eigenvalue weighted by atomic mass is 32.2. The van der Waals surface area contributed by atoms with Gasteiger partial charge in [-0.15, -0.1) is 0 Å². The van der Waals surface area contributed by atoms with Gasteiger partial charge in [-0.3, -0.25) is 4.79 Å². The molecular formula is C13H22N2O3S. The molecule has 0 aromatic rings. The number of carbonyl (C=O) groups is 1. The first-order valence-corrected chi connectivity index (χ1v) is 8.70. The lowest BCUT2D eigenvalue weighted by atomic mass is 10.1. The summed E-state index contributed by atoms with van der Waals surface area (Å²) in [4.78, 5) is 11.8. The molecule has 6 heteroatoms. The topological polar surface area (TPSA) is 75.3 Å². The van der Waals surface area contributed by atoms with E-state index in [1.54, 1.807) is 6.08 Å². The van der Waals surface area contributed by atoms with E-state index in [2.05, 4.69) is 10.6 Å². The van der Waals surface area contributed by atoms with Gasteiger partial charge in [0.15, 0.2) is 9.84 Å². The second-order valence-corrected chi connectivity index (χ2v) is 7.33. The molecule has 108 valence electrons. The van der Waals surface area contributed by atoms with E-state index in [0.717, 1.165) is 12.8 Å². The van der Waals surface area contributed by atoms with Crippen molar-refractivity contribution in [3.05, 3.63) is 11.5 Å². The maximum atomic E-state index is 11.8. The molecule has 2 N–H and O–H groups in total. The number of amides is 1. The molecule has 0 bridgehead atoms. The number of hydrogen-bond donors (Lipinski definition) is 2. The van der Waals surface area contributed by atoms with Crippen LogP contribution in [-0.4, -0.2) is 38.7 Å². The highest BCUT2D eigenvalue weighted by molar-refractivity contribution is 7.94. The summed E-state index contributed by atoms with van der Waals surface area (Å²) in [5, 5.41) is 7.21.